The SMILES string of the molecule is C=C(CCc1cc(P)cc(CC2CC(NC(C)C)C2)c1)C(C)C. The summed E-state index contributed by atoms with van der Waals surface area (Å²) in [5.41, 5.74) is 4.34. The molecule has 0 spiro atoms. The Hall–Kier alpha value is -0.650. The third-order valence-electron chi connectivity index (χ3n) is 4.96. The predicted molar refractivity (Wildman–Crippen MR) is 107 cm³/mol. The van der Waals surface area contributed by atoms with Gasteiger partial charge in [-0.1, -0.05) is 58.0 Å². The summed E-state index contributed by atoms with van der Waals surface area (Å²) in [6.07, 6.45) is 6.12. The van der Waals surface area contributed by atoms with Gasteiger partial charge < -0.3 is 5.32 Å². The molecular weight excluding hydrogens is 297 g/mol. The Balaban J connectivity index is 1.87. The van der Waals surface area contributed by atoms with Crippen LogP contribution in [0.3, 0.4) is 0 Å². The number of hydrogen-bond donors (Lipinski definition) is 1. The van der Waals surface area contributed by atoms with E-state index in [1.54, 1.807) is 0 Å². The molecule has 0 radical (unpaired) electrons. The summed E-state index contributed by atoms with van der Waals surface area (Å²) in [6, 6.07) is 8.43. The van der Waals surface area contributed by atoms with E-state index >= 15 is 0 Å². The minimum Gasteiger partial charge on any atom is -0.312 e. The standard InChI is InChI=1S/C21H34NP/c1-14(2)16(5)6-7-17-8-18(13-21(23)12-17)9-19-10-20(11-19)22-15(3)4/h8,12-15,19-20,22H,5-7,9-11,23H2,1-4H3. The molecule has 1 aliphatic carbocycles. The van der Waals surface area contributed by atoms with Crippen molar-refractivity contribution < 1.29 is 0 Å². The van der Waals surface area contributed by atoms with Crippen LogP contribution in [0.4, 0.5) is 0 Å². The van der Waals surface area contributed by atoms with Crippen molar-refractivity contribution in [1.29, 1.82) is 0 Å². The average molecular weight is 331 g/mol. The van der Waals surface area contributed by atoms with Crippen molar-refractivity contribution in [3.63, 3.8) is 0 Å². The average Bonchev–Trinajstić information content (AvgIpc) is 2.41. The lowest BCUT2D eigenvalue weighted by Gasteiger charge is -2.37. The lowest BCUT2D eigenvalue weighted by molar-refractivity contribution is 0.211. The fourth-order valence-electron chi connectivity index (χ4n) is 3.49. The zero-order chi connectivity index (χ0) is 17.0. The highest BCUT2D eigenvalue weighted by atomic mass is 31.0. The first kappa shape index (κ1) is 18.7. The molecule has 128 valence electrons. The minimum atomic E-state index is 0.592. The molecule has 0 heterocycles. The minimum absolute atomic E-state index is 0.592. The molecule has 0 amide bonds. The molecule has 0 aromatic heterocycles. The van der Waals surface area contributed by atoms with Crippen molar-refractivity contribution in [2.45, 2.75) is 71.9 Å². The molecule has 0 bridgehead atoms. The predicted octanol–water partition coefficient (Wildman–Crippen LogP) is 4.65. The summed E-state index contributed by atoms with van der Waals surface area (Å²) in [5.74, 6) is 1.45. The summed E-state index contributed by atoms with van der Waals surface area (Å²) in [5, 5.41) is 4.97. The number of benzene rings is 1. The maximum absolute atomic E-state index is 4.20. The molecule has 2 heteroatoms. The van der Waals surface area contributed by atoms with Crippen molar-refractivity contribution in [2.75, 3.05) is 0 Å². The Bertz CT molecular complexity index is 527. The van der Waals surface area contributed by atoms with E-state index in [0.717, 1.165) is 24.8 Å². The smallest absolute Gasteiger partial charge is 0.00749 e. The molecule has 1 unspecified atom stereocenters. The number of allylic oxidation sites excluding steroid dienone is 1. The van der Waals surface area contributed by atoms with Crippen LogP contribution >= 0.6 is 9.24 Å². The van der Waals surface area contributed by atoms with Crippen LogP contribution in [0.15, 0.2) is 30.4 Å². The van der Waals surface area contributed by atoms with E-state index in [-0.39, 0.29) is 0 Å². The van der Waals surface area contributed by atoms with Gasteiger partial charge in [-0.3, -0.25) is 0 Å². The maximum atomic E-state index is 4.20. The van der Waals surface area contributed by atoms with E-state index in [0.29, 0.717) is 12.0 Å². The fourth-order valence-corrected chi connectivity index (χ4v) is 3.92. The van der Waals surface area contributed by atoms with E-state index in [4.69, 9.17) is 0 Å². The molecule has 0 aliphatic heterocycles. The van der Waals surface area contributed by atoms with Gasteiger partial charge in [-0.05, 0) is 60.4 Å². The molecule has 1 aromatic carbocycles. The molecule has 1 aliphatic rings. The van der Waals surface area contributed by atoms with Crippen LogP contribution in [0.5, 0.6) is 0 Å². The topological polar surface area (TPSA) is 12.0 Å². The monoisotopic (exact) mass is 331 g/mol. The fraction of sp³-hybridized carbons (Fsp3) is 0.619. The van der Waals surface area contributed by atoms with E-state index in [2.05, 4.69) is 67.0 Å². The summed E-state index contributed by atoms with van der Waals surface area (Å²) in [7, 11) is 2.88. The van der Waals surface area contributed by atoms with Crippen LogP contribution in [0.25, 0.3) is 0 Å². The number of hydrogen-bond acceptors (Lipinski definition) is 1. The third-order valence-corrected chi connectivity index (χ3v) is 5.29. The Morgan fingerprint density at radius 2 is 1.83 bits per heavy atom. The van der Waals surface area contributed by atoms with Crippen LogP contribution in [-0.4, -0.2) is 12.1 Å². The largest absolute Gasteiger partial charge is 0.312 e. The number of aryl methyl sites for hydroxylation is 1. The highest BCUT2D eigenvalue weighted by Crippen LogP contribution is 2.31. The van der Waals surface area contributed by atoms with Gasteiger partial charge in [0, 0.05) is 12.1 Å². The van der Waals surface area contributed by atoms with Crippen LogP contribution < -0.4 is 10.6 Å². The second-order valence-corrected chi connectivity index (χ2v) is 8.62. The van der Waals surface area contributed by atoms with Gasteiger partial charge in [0.25, 0.3) is 0 Å². The third kappa shape index (κ3) is 6.05. The van der Waals surface area contributed by atoms with Gasteiger partial charge in [-0.25, -0.2) is 0 Å². The molecule has 2 rings (SSSR count). The van der Waals surface area contributed by atoms with E-state index < -0.39 is 0 Å². The molecule has 1 saturated carbocycles. The zero-order valence-corrected chi connectivity index (χ0v) is 16.5. The Kier molecular flexibility index (Phi) is 6.86. The van der Waals surface area contributed by atoms with Gasteiger partial charge in [0.05, 0.1) is 0 Å². The Labute approximate surface area is 145 Å². The molecule has 1 aromatic rings. The van der Waals surface area contributed by atoms with Crippen LogP contribution in [0.1, 0.15) is 58.1 Å². The van der Waals surface area contributed by atoms with E-state index in [1.807, 2.05) is 0 Å². The maximum Gasteiger partial charge on any atom is 0.00749 e. The van der Waals surface area contributed by atoms with Crippen molar-refractivity contribution in [3.8, 4) is 0 Å². The van der Waals surface area contributed by atoms with Gasteiger partial charge in [-0.15, -0.1) is 9.24 Å². The first-order valence-electron chi connectivity index (χ1n) is 9.15. The second-order valence-electron chi connectivity index (χ2n) is 7.96. The van der Waals surface area contributed by atoms with Crippen molar-refractivity contribution >= 4 is 14.5 Å². The summed E-state index contributed by atoms with van der Waals surface area (Å²) in [4.78, 5) is 0. The summed E-state index contributed by atoms with van der Waals surface area (Å²) < 4.78 is 0. The molecule has 1 atom stereocenters. The first-order valence-corrected chi connectivity index (χ1v) is 9.73. The Morgan fingerprint density at radius 1 is 1.17 bits per heavy atom. The van der Waals surface area contributed by atoms with Crippen LogP contribution in [0, 0.1) is 11.8 Å². The van der Waals surface area contributed by atoms with Crippen molar-refractivity contribution in [1.82, 2.24) is 5.32 Å². The summed E-state index contributed by atoms with van der Waals surface area (Å²) >= 11 is 0. The van der Waals surface area contributed by atoms with Gasteiger partial charge in [0.15, 0.2) is 0 Å². The zero-order valence-electron chi connectivity index (χ0n) is 15.4. The highest BCUT2D eigenvalue weighted by molar-refractivity contribution is 7.27. The quantitative estimate of drug-likeness (QED) is 0.540. The first-order chi connectivity index (χ1) is 10.8. The lowest BCUT2D eigenvalue weighted by Crippen LogP contribution is -2.44. The van der Waals surface area contributed by atoms with Crippen molar-refractivity contribution in [2.24, 2.45) is 11.8 Å². The molecular formula is C21H34NP. The normalized spacial score (nSPS) is 20.8. The van der Waals surface area contributed by atoms with Crippen LogP contribution in [0.2, 0.25) is 0 Å². The molecule has 0 saturated heterocycles. The number of nitrogens with one attached hydrogen (secondary N) is 1. The van der Waals surface area contributed by atoms with Crippen molar-refractivity contribution in [3.05, 3.63) is 41.5 Å². The van der Waals surface area contributed by atoms with Gasteiger partial charge in [-0.2, -0.15) is 0 Å². The van der Waals surface area contributed by atoms with Gasteiger partial charge in [0.2, 0.25) is 0 Å². The Morgan fingerprint density at radius 3 is 2.43 bits per heavy atom. The highest BCUT2D eigenvalue weighted by Gasteiger charge is 2.29. The van der Waals surface area contributed by atoms with E-state index in [1.165, 1.54) is 41.3 Å². The van der Waals surface area contributed by atoms with Gasteiger partial charge >= 0.3 is 0 Å². The molecule has 23 heavy (non-hydrogen) atoms. The number of rotatable bonds is 8. The van der Waals surface area contributed by atoms with Gasteiger partial charge in [0.1, 0.15) is 0 Å². The molecule has 1 N–H and O–H groups in total. The summed E-state index contributed by atoms with van der Waals surface area (Å²) in [6.45, 7) is 13.1. The second kappa shape index (κ2) is 8.45. The molecule has 1 nitrogen and oxygen atoms in total. The van der Waals surface area contributed by atoms with E-state index in [9.17, 15) is 0 Å². The van der Waals surface area contributed by atoms with Crippen LogP contribution in [-0.2, 0) is 12.8 Å². The molecule has 1 fully saturated rings. The lowest BCUT2D eigenvalue weighted by atomic mass is 9.76.